The predicted molar refractivity (Wildman–Crippen MR) is 75.0 cm³/mol. The van der Waals surface area contributed by atoms with Crippen molar-refractivity contribution < 1.29 is 0 Å². The van der Waals surface area contributed by atoms with Crippen LogP contribution in [0.4, 0.5) is 5.82 Å². The highest BCUT2D eigenvalue weighted by molar-refractivity contribution is 5.37. The average Bonchev–Trinajstić information content (AvgIpc) is 2.28. The van der Waals surface area contributed by atoms with Crippen LogP contribution in [0.15, 0.2) is 6.07 Å². The van der Waals surface area contributed by atoms with E-state index in [1.807, 2.05) is 13.0 Å². The number of nitrogens with zero attached hydrogens (tertiary/aromatic N) is 3. The van der Waals surface area contributed by atoms with Crippen molar-refractivity contribution in [3.8, 4) is 0 Å². The van der Waals surface area contributed by atoms with E-state index in [9.17, 15) is 0 Å². The van der Waals surface area contributed by atoms with Crippen molar-refractivity contribution in [1.29, 1.82) is 0 Å². The molecule has 4 nitrogen and oxygen atoms in total. The monoisotopic (exact) mass is 248 g/mol. The Labute approximate surface area is 110 Å². The number of hydrogen-bond donors (Lipinski definition) is 1. The van der Waals surface area contributed by atoms with Gasteiger partial charge in [-0.1, -0.05) is 13.8 Å². The van der Waals surface area contributed by atoms with Crippen LogP contribution in [0.5, 0.6) is 0 Å². The van der Waals surface area contributed by atoms with Gasteiger partial charge in [0, 0.05) is 30.3 Å². The van der Waals surface area contributed by atoms with Gasteiger partial charge in [0.1, 0.15) is 11.6 Å². The Morgan fingerprint density at radius 2 is 2.17 bits per heavy atom. The molecule has 18 heavy (non-hydrogen) atoms. The number of aromatic nitrogens is 2. The first-order valence-electron chi connectivity index (χ1n) is 6.85. The number of likely N-dealkylation sites (tertiary alicyclic amines) is 1. The molecule has 0 amide bonds. The Morgan fingerprint density at radius 3 is 2.83 bits per heavy atom. The quantitative estimate of drug-likeness (QED) is 0.892. The Morgan fingerprint density at radius 1 is 1.39 bits per heavy atom. The lowest BCUT2D eigenvalue weighted by Crippen LogP contribution is -2.40. The SMILES string of the molecule is Cc1cc(NC2CCCN(C)C2)nc(C(C)C)n1. The third-order valence-electron chi connectivity index (χ3n) is 3.36. The second kappa shape index (κ2) is 5.65. The van der Waals surface area contributed by atoms with Gasteiger partial charge in [0.2, 0.25) is 0 Å². The van der Waals surface area contributed by atoms with Gasteiger partial charge in [0.05, 0.1) is 0 Å². The van der Waals surface area contributed by atoms with Gasteiger partial charge < -0.3 is 10.2 Å². The van der Waals surface area contributed by atoms with Crippen LogP contribution in [0.2, 0.25) is 0 Å². The molecular weight excluding hydrogens is 224 g/mol. The Balaban J connectivity index is 2.08. The molecule has 1 N–H and O–H groups in total. The predicted octanol–water partition coefficient (Wildman–Crippen LogP) is 2.41. The highest BCUT2D eigenvalue weighted by atomic mass is 15.2. The van der Waals surface area contributed by atoms with E-state index in [-0.39, 0.29) is 0 Å². The molecule has 100 valence electrons. The summed E-state index contributed by atoms with van der Waals surface area (Å²) >= 11 is 0. The van der Waals surface area contributed by atoms with Crippen molar-refractivity contribution in [2.45, 2.75) is 45.6 Å². The van der Waals surface area contributed by atoms with Crippen LogP contribution in [-0.4, -0.2) is 41.0 Å². The third-order valence-corrected chi connectivity index (χ3v) is 3.36. The van der Waals surface area contributed by atoms with Crippen LogP contribution < -0.4 is 5.32 Å². The fourth-order valence-corrected chi connectivity index (χ4v) is 2.42. The molecule has 1 aromatic heterocycles. The zero-order valence-corrected chi connectivity index (χ0v) is 11.9. The molecule has 2 rings (SSSR count). The molecule has 1 aliphatic heterocycles. The number of rotatable bonds is 3. The first-order valence-corrected chi connectivity index (χ1v) is 6.85. The molecule has 0 aliphatic carbocycles. The van der Waals surface area contributed by atoms with Gasteiger partial charge in [-0.15, -0.1) is 0 Å². The van der Waals surface area contributed by atoms with Gasteiger partial charge in [-0.25, -0.2) is 9.97 Å². The van der Waals surface area contributed by atoms with E-state index < -0.39 is 0 Å². The van der Waals surface area contributed by atoms with Crippen LogP contribution in [0.25, 0.3) is 0 Å². The molecule has 0 spiro atoms. The van der Waals surface area contributed by atoms with Crippen molar-refractivity contribution in [3.05, 3.63) is 17.6 Å². The van der Waals surface area contributed by atoms with E-state index in [2.05, 4.69) is 41.1 Å². The van der Waals surface area contributed by atoms with E-state index in [0.29, 0.717) is 12.0 Å². The summed E-state index contributed by atoms with van der Waals surface area (Å²) in [4.78, 5) is 11.5. The minimum atomic E-state index is 0.375. The number of piperidine rings is 1. The molecule has 1 aliphatic rings. The molecule has 4 heteroatoms. The number of anilines is 1. The fraction of sp³-hybridized carbons (Fsp3) is 0.714. The lowest BCUT2D eigenvalue weighted by atomic mass is 10.1. The van der Waals surface area contributed by atoms with Gasteiger partial charge in [-0.05, 0) is 33.4 Å². The molecule has 1 fully saturated rings. The van der Waals surface area contributed by atoms with E-state index >= 15 is 0 Å². The lowest BCUT2D eigenvalue weighted by molar-refractivity contribution is 0.260. The van der Waals surface area contributed by atoms with Crippen molar-refractivity contribution in [2.75, 3.05) is 25.5 Å². The van der Waals surface area contributed by atoms with Gasteiger partial charge in [-0.3, -0.25) is 0 Å². The minimum Gasteiger partial charge on any atom is -0.366 e. The maximum absolute atomic E-state index is 4.61. The number of aryl methyl sites for hydroxylation is 1. The number of hydrogen-bond acceptors (Lipinski definition) is 4. The van der Waals surface area contributed by atoms with Crippen LogP contribution in [0.3, 0.4) is 0 Å². The summed E-state index contributed by atoms with van der Waals surface area (Å²) in [5.74, 6) is 2.28. The van der Waals surface area contributed by atoms with Gasteiger partial charge >= 0.3 is 0 Å². The van der Waals surface area contributed by atoms with E-state index in [1.165, 1.54) is 19.4 Å². The van der Waals surface area contributed by atoms with Gasteiger partial charge in [0.25, 0.3) is 0 Å². The molecule has 1 saturated heterocycles. The van der Waals surface area contributed by atoms with Crippen LogP contribution >= 0.6 is 0 Å². The summed E-state index contributed by atoms with van der Waals surface area (Å²) in [6, 6.07) is 2.55. The van der Waals surface area contributed by atoms with Crippen LogP contribution in [0, 0.1) is 6.92 Å². The molecule has 0 aromatic carbocycles. The second-order valence-corrected chi connectivity index (χ2v) is 5.65. The largest absolute Gasteiger partial charge is 0.366 e. The summed E-state index contributed by atoms with van der Waals surface area (Å²) in [6.07, 6.45) is 2.49. The first-order chi connectivity index (χ1) is 8.54. The average molecular weight is 248 g/mol. The molecule has 0 radical (unpaired) electrons. The van der Waals surface area contributed by atoms with Crippen LogP contribution in [-0.2, 0) is 0 Å². The maximum Gasteiger partial charge on any atom is 0.133 e. The summed E-state index contributed by atoms with van der Waals surface area (Å²) in [5, 5.41) is 3.55. The molecule has 1 unspecified atom stereocenters. The van der Waals surface area contributed by atoms with E-state index in [0.717, 1.165) is 23.9 Å². The summed E-state index contributed by atoms with van der Waals surface area (Å²) in [6.45, 7) is 8.60. The van der Waals surface area contributed by atoms with Crippen molar-refractivity contribution in [2.24, 2.45) is 0 Å². The summed E-state index contributed by atoms with van der Waals surface area (Å²) in [7, 11) is 2.18. The zero-order valence-electron chi connectivity index (χ0n) is 11.9. The molecule has 0 bridgehead atoms. The molecule has 2 heterocycles. The van der Waals surface area contributed by atoms with Crippen molar-refractivity contribution in [1.82, 2.24) is 14.9 Å². The van der Waals surface area contributed by atoms with Gasteiger partial charge in [-0.2, -0.15) is 0 Å². The lowest BCUT2D eigenvalue weighted by Gasteiger charge is -2.30. The third kappa shape index (κ3) is 3.42. The van der Waals surface area contributed by atoms with Crippen molar-refractivity contribution >= 4 is 5.82 Å². The summed E-state index contributed by atoms with van der Waals surface area (Å²) in [5.41, 5.74) is 1.04. The normalized spacial score (nSPS) is 21.3. The first kappa shape index (κ1) is 13.3. The standard InChI is InChI=1S/C14H24N4/c1-10(2)14-15-11(3)8-13(17-14)16-12-6-5-7-18(4)9-12/h8,10,12H,5-7,9H2,1-4H3,(H,15,16,17). The molecule has 1 atom stereocenters. The van der Waals surface area contributed by atoms with Gasteiger partial charge in [0.15, 0.2) is 0 Å². The number of likely N-dealkylation sites (N-methyl/N-ethyl adjacent to an activating group) is 1. The zero-order chi connectivity index (χ0) is 13.1. The topological polar surface area (TPSA) is 41.0 Å². The minimum absolute atomic E-state index is 0.375. The maximum atomic E-state index is 4.61. The Bertz CT molecular complexity index is 403. The smallest absolute Gasteiger partial charge is 0.133 e. The Kier molecular flexibility index (Phi) is 4.17. The fourth-order valence-electron chi connectivity index (χ4n) is 2.42. The Hall–Kier alpha value is -1.16. The second-order valence-electron chi connectivity index (χ2n) is 5.65. The highest BCUT2D eigenvalue weighted by Crippen LogP contribution is 2.17. The highest BCUT2D eigenvalue weighted by Gasteiger charge is 2.17. The molecular formula is C14H24N4. The molecule has 0 saturated carbocycles. The van der Waals surface area contributed by atoms with E-state index in [4.69, 9.17) is 0 Å². The van der Waals surface area contributed by atoms with Crippen molar-refractivity contribution in [3.63, 3.8) is 0 Å². The number of nitrogens with one attached hydrogen (secondary N) is 1. The summed E-state index contributed by atoms with van der Waals surface area (Å²) < 4.78 is 0. The van der Waals surface area contributed by atoms with E-state index in [1.54, 1.807) is 0 Å². The van der Waals surface area contributed by atoms with Crippen LogP contribution in [0.1, 0.15) is 44.1 Å². The molecule has 1 aromatic rings.